The zero-order chi connectivity index (χ0) is 16.9. The van der Waals surface area contributed by atoms with Crippen LogP contribution in [0, 0.1) is 12.8 Å². The smallest absolute Gasteiger partial charge is 0.00754 e. The fourth-order valence-corrected chi connectivity index (χ4v) is 2.36. The minimum absolute atomic E-state index is 0.532. The van der Waals surface area contributed by atoms with Crippen LogP contribution < -0.4 is 0 Å². The normalized spacial score (nSPS) is 16.1. The summed E-state index contributed by atoms with van der Waals surface area (Å²) < 4.78 is 0. The van der Waals surface area contributed by atoms with E-state index in [4.69, 9.17) is 0 Å². The van der Waals surface area contributed by atoms with Crippen LogP contribution in [-0.4, -0.2) is 0 Å². The summed E-state index contributed by atoms with van der Waals surface area (Å²) in [6.45, 7) is 10.2. The maximum absolute atomic E-state index is 3.66. The molecular formula is C23H32. The molecule has 1 aliphatic rings. The lowest BCUT2D eigenvalue weighted by atomic mass is 10.0. The van der Waals surface area contributed by atoms with Crippen molar-refractivity contribution in [2.45, 2.75) is 52.9 Å². The van der Waals surface area contributed by atoms with Crippen LogP contribution in [0.25, 0.3) is 5.57 Å². The number of hydrogen-bond acceptors (Lipinski definition) is 0. The summed E-state index contributed by atoms with van der Waals surface area (Å²) in [7, 11) is 0. The molecule has 0 N–H and O–H groups in total. The summed E-state index contributed by atoms with van der Waals surface area (Å²) in [6, 6.07) is 8.66. The largest absolute Gasteiger partial charge is 0.103 e. The Morgan fingerprint density at radius 3 is 2.43 bits per heavy atom. The van der Waals surface area contributed by atoms with Gasteiger partial charge >= 0.3 is 0 Å². The fourth-order valence-electron chi connectivity index (χ4n) is 2.36. The van der Waals surface area contributed by atoms with E-state index in [9.17, 15) is 0 Å². The predicted molar refractivity (Wildman–Crippen MR) is 106 cm³/mol. The van der Waals surface area contributed by atoms with E-state index in [1.165, 1.54) is 48.8 Å². The Morgan fingerprint density at radius 2 is 1.78 bits per heavy atom. The van der Waals surface area contributed by atoms with Crippen LogP contribution in [0.2, 0.25) is 0 Å². The first-order chi connectivity index (χ1) is 11.2. The van der Waals surface area contributed by atoms with Crippen LogP contribution in [0.15, 0.2) is 67.3 Å². The van der Waals surface area contributed by atoms with E-state index in [2.05, 4.69) is 82.0 Å². The molecule has 0 nitrogen and oxygen atoms in total. The number of benzene rings is 1. The van der Waals surface area contributed by atoms with Crippen molar-refractivity contribution >= 4 is 5.57 Å². The molecule has 1 aromatic carbocycles. The van der Waals surface area contributed by atoms with E-state index in [0.717, 1.165) is 0 Å². The molecule has 0 heteroatoms. The first-order valence-electron chi connectivity index (χ1n) is 8.92. The Hall–Kier alpha value is -1.82. The highest BCUT2D eigenvalue weighted by molar-refractivity contribution is 5.75. The molecule has 0 spiro atoms. The minimum atomic E-state index is 0.532. The average Bonchev–Trinajstić information content (AvgIpc) is 2.78. The average molecular weight is 309 g/mol. The Morgan fingerprint density at radius 1 is 1.04 bits per heavy atom. The lowest BCUT2D eigenvalue weighted by Gasteiger charge is -2.02. The van der Waals surface area contributed by atoms with Crippen molar-refractivity contribution in [3.05, 3.63) is 78.4 Å². The molecule has 0 saturated carbocycles. The first-order valence-corrected chi connectivity index (χ1v) is 8.92. The van der Waals surface area contributed by atoms with Crippen LogP contribution in [-0.2, 0) is 0 Å². The zero-order valence-corrected chi connectivity index (χ0v) is 15.1. The monoisotopic (exact) mass is 308 g/mol. The first kappa shape index (κ1) is 19.2. The van der Waals surface area contributed by atoms with Crippen molar-refractivity contribution < 1.29 is 0 Å². The third-order valence-corrected chi connectivity index (χ3v) is 3.92. The topological polar surface area (TPSA) is 0 Å². The van der Waals surface area contributed by atoms with Crippen LogP contribution >= 0.6 is 0 Å². The van der Waals surface area contributed by atoms with Gasteiger partial charge in [0.05, 0.1) is 0 Å². The second kappa shape index (κ2) is 11.7. The van der Waals surface area contributed by atoms with Crippen LogP contribution in [0.5, 0.6) is 0 Å². The Bertz CT molecular complexity index is 526. The third kappa shape index (κ3) is 8.40. The molecule has 23 heavy (non-hydrogen) atoms. The molecule has 0 bridgehead atoms. The van der Waals surface area contributed by atoms with Crippen molar-refractivity contribution in [2.75, 3.05) is 0 Å². The number of allylic oxidation sites excluding steroid dienone is 7. The predicted octanol–water partition coefficient (Wildman–Crippen LogP) is 7.28. The van der Waals surface area contributed by atoms with Crippen LogP contribution in [0.1, 0.15) is 57.1 Å². The molecule has 0 aliphatic heterocycles. The molecule has 1 unspecified atom stereocenters. The second-order valence-electron chi connectivity index (χ2n) is 6.23. The molecule has 0 fully saturated rings. The van der Waals surface area contributed by atoms with Gasteiger partial charge in [0, 0.05) is 0 Å². The number of unbranched alkanes of at least 4 members (excludes halogenated alkanes) is 4. The maximum Gasteiger partial charge on any atom is -0.00754 e. The molecule has 2 rings (SSSR count). The fraction of sp³-hybridized carbons (Fsp3) is 0.391. The molecule has 1 atom stereocenters. The minimum Gasteiger partial charge on any atom is -0.103 e. The highest BCUT2D eigenvalue weighted by Crippen LogP contribution is 2.20. The molecule has 0 heterocycles. The molecule has 1 aromatic rings. The maximum atomic E-state index is 3.66. The van der Waals surface area contributed by atoms with Gasteiger partial charge in [0.25, 0.3) is 0 Å². The van der Waals surface area contributed by atoms with Gasteiger partial charge in [-0.2, -0.15) is 0 Å². The Labute approximate surface area is 143 Å². The van der Waals surface area contributed by atoms with E-state index in [1.54, 1.807) is 0 Å². The summed E-state index contributed by atoms with van der Waals surface area (Å²) in [6.07, 6.45) is 19.6. The highest BCUT2D eigenvalue weighted by atomic mass is 14.0. The lowest BCUT2D eigenvalue weighted by molar-refractivity contribution is 0.675. The molecule has 0 aromatic heterocycles. The van der Waals surface area contributed by atoms with E-state index in [-0.39, 0.29) is 0 Å². The van der Waals surface area contributed by atoms with Crippen molar-refractivity contribution in [3.63, 3.8) is 0 Å². The third-order valence-electron chi connectivity index (χ3n) is 3.92. The SMILES string of the molecule is C=CCCCCCC.Cc1ccc(C2=CC=CC(C)C=C2)cc1. The standard InChI is InChI=1S/C15H16.C8H16/c1-12-4-3-5-14(9-6-12)15-10-7-13(2)8-11-15;1-3-5-7-8-6-4-2/h3-12H,1-2H3;3H,1,4-8H2,2H3. The molecule has 124 valence electrons. The van der Waals surface area contributed by atoms with E-state index >= 15 is 0 Å². The molecular weight excluding hydrogens is 276 g/mol. The quantitative estimate of drug-likeness (QED) is 0.382. The van der Waals surface area contributed by atoms with Crippen LogP contribution in [0.3, 0.4) is 0 Å². The van der Waals surface area contributed by atoms with E-state index < -0.39 is 0 Å². The van der Waals surface area contributed by atoms with Crippen molar-refractivity contribution in [1.82, 2.24) is 0 Å². The summed E-state index contributed by atoms with van der Waals surface area (Å²) in [5.74, 6) is 0.532. The van der Waals surface area contributed by atoms with Crippen LogP contribution in [0.4, 0.5) is 0 Å². The van der Waals surface area contributed by atoms with Gasteiger partial charge in [0.15, 0.2) is 0 Å². The summed E-state index contributed by atoms with van der Waals surface area (Å²) >= 11 is 0. The zero-order valence-electron chi connectivity index (χ0n) is 15.1. The number of rotatable bonds is 6. The molecule has 0 amide bonds. The Balaban J connectivity index is 0.000000284. The molecule has 1 aliphatic carbocycles. The van der Waals surface area contributed by atoms with Crippen molar-refractivity contribution in [2.24, 2.45) is 5.92 Å². The van der Waals surface area contributed by atoms with E-state index in [0.29, 0.717) is 5.92 Å². The summed E-state index contributed by atoms with van der Waals surface area (Å²) in [4.78, 5) is 0. The summed E-state index contributed by atoms with van der Waals surface area (Å²) in [5, 5.41) is 0. The van der Waals surface area contributed by atoms with Gasteiger partial charge in [0.2, 0.25) is 0 Å². The number of hydrogen-bond donors (Lipinski definition) is 0. The van der Waals surface area contributed by atoms with Gasteiger partial charge in [-0.3, -0.25) is 0 Å². The van der Waals surface area contributed by atoms with Gasteiger partial charge < -0.3 is 0 Å². The highest BCUT2D eigenvalue weighted by Gasteiger charge is 2.00. The van der Waals surface area contributed by atoms with Gasteiger partial charge in [0.1, 0.15) is 0 Å². The van der Waals surface area contributed by atoms with E-state index in [1.807, 2.05) is 6.08 Å². The van der Waals surface area contributed by atoms with Gasteiger partial charge in [-0.1, -0.05) is 99.4 Å². The summed E-state index contributed by atoms with van der Waals surface area (Å²) in [5.41, 5.74) is 3.88. The number of aryl methyl sites for hydroxylation is 1. The van der Waals surface area contributed by atoms with Gasteiger partial charge in [-0.05, 0) is 36.8 Å². The lowest BCUT2D eigenvalue weighted by Crippen LogP contribution is -1.82. The Kier molecular flexibility index (Phi) is 9.79. The molecule has 0 saturated heterocycles. The van der Waals surface area contributed by atoms with Gasteiger partial charge in [-0.15, -0.1) is 6.58 Å². The molecule has 0 radical (unpaired) electrons. The van der Waals surface area contributed by atoms with Crippen molar-refractivity contribution in [1.29, 1.82) is 0 Å². The second-order valence-corrected chi connectivity index (χ2v) is 6.23. The van der Waals surface area contributed by atoms with Crippen molar-refractivity contribution in [3.8, 4) is 0 Å². The van der Waals surface area contributed by atoms with Gasteiger partial charge in [-0.25, -0.2) is 0 Å².